The zero-order chi connectivity index (χ0) is 13.2. The van der Waals surface area contributed by atoms with Gasteiger partial charge in [0.05, 0.1) is 5.88 Å². The molecule has 3 aromatic heterocycles. The van der Waals surface area contributed by atoms with Gasteiger partial charge in [0.25, 0.3) is 0 Å². The van der Waals surface area contributed by atoms with Crippen molar-refractivity contribution >= 4 is 5.82 Å². The number of quaternary nitrogens is 1. The first-order valence-corrected chi connectivity index (χ1v) is 4.51. The molecule has 0 saturated carbocycles. The fourth-order valence-electron chi connectivity index (χ4n) is 1.27. The van der Waals surface area contributed by atoms with Crippen LogP contribution in [0, 0.1) is 0 Å². The number of aromatic nitrogens is 6. The minimum atomic E-state index is -0.765. The third-order valence-electron chi connectivity index (χ3n) is 2.01. The van der Waals surface area contributed by atoms with E-state index < -0.39 is 5.88 Å². The van der Waals surface area contributed by atoms with Crippen LogP contribution in [0.3, 0.4) is 0 Å². The lowest BCUT2D eigenvalue weighted by Crippen LogP contribution is -1.94. The van der Waals surface area contributed by atoms with Crippen LogP contribution in [-0.2, 0) is 0 Å². The Labute approximate surface area is 107 Å². The Morgan fingerprint density at radius 3 is 2.05 bits per heavy atom. The van der Waals surface area contributed by atoms with Gasteiger partial charge in [-0.15, -0.1) is 0 Å². The Morgan fingerprint density at radius 2 is 1.40 bits per heavy atom. The van der Waals surface area contributed by atoms with E-state index in [9.17, 15) is 5.11 Å². The van der Waals surface area contributed by atoms with E-state index in [0.717, 1.165) is 0 Å². The van der Waals surface area contributed by atoms with E-state index in [0.29, 0.717) is 0 Å². The van der Waals surface area contributed by atoms with Crippen LogP contribution < -0.4 is 11.3 Å². The van der Waals surface area contributed by atoms with Gasteiger partial charge in [0.15, 0.2) is 22.8 Å². The first-order valence-electron chi connectivity index (χ1n) is 4.51. The molecule has 0 atom stereocenters. The summed E-state index contributed by atoms with van der Waals surface area (Å²) in [7, 11) is 0. The second-order valence-electron chi connectivity index (χ2n) is 3.01. The molecule has 0 amide bonds. The van der Waals surface area contributed by atoms with Crippen molar-refractivity contribution in [1.82, 2.24) is 37.1 Å². The molecule has 3 aromatic rings. The van der Waals surface area contributed by atoms with E-state index in [2.05, 4.69) is 54.9 Å². The van der Waals surface area contributed by atoms with Crippen molar-refractivity contribution in [2.75, 3.05) is 0 Å². The van der Waals surface area contributed by atoms with Crippen LogP contribution in [0.1, 0.15) is 0 Å². The molecule has 14 nitrogen and oxygen atoms in total. The number of azide groups is 1. The maximum atomic E-state index is 11.3. The fourth-order valence-corrected chi connectivity index (χ4v) is 1.27. The van der Waals surface area contributed by atoms with E-state index in [4.69, 9.17) is 5.53 Å². The SMILES string of the molecule is [N-]=[N+]=Nc1nonc1-c1nonc1-c1nonc1[O-].[NH4+]. The van der Waals surface area contributed by atoms with Gasteiger partial charge in [-0.3, -0.25) is 0 Å². The van der Waals surface area contributed by atoms with Crippen molar-refractivity contribution in [3.8, 4) is 28.7 Å². The normalized spacial score (nSPS) is 9.80. The number of rotatable bonds is 3. The summed E-state index contributed by atoms with van der Waals surface area (Å²) < 4.78 is 13.2. The first-order chi connectivity index (χ1) is 9.31. The van der Waals surface area contributed by atoms with Crippen LogP contribution in [0.25, 0.3) is 33.2 Å². The molecule has 0 saturated heterocycles. The van der Waals surface area contributed by atoms with Gasteiger partial charge in [0.1, 0.15) is 0 Å². The molecular weight excluding hydrogens is 276 g/mol. The number of nitrogens with zero attached hydrogens (tertiary/aromatic N) is 9. The molecule has 0 fully saturated rings. The third kappa shape index (κ3) is 1.88. The van der Waals surface area contributed by atoms with Gasteiger partial charge in [-0.05, 0) is 36.4 Å². The minimum Gasteiger partial charge on any atom is -0.855 e. The van der Waals surface area contributed by atoms with Crippen molar-refractivity contribution in [2.45, 2.75) is 0 Å². The second kappa shape index (κ2) is 5.01. The van der Waals surface area contributed by atoms with Gasteiger partial charge in [-0.2, -0.15) is 0 Å². The Balaban J connectivity index is 0.00000147. The molecule has 4 N–H and O–H groups in total. The summed E-state index contributed by atoms with van der Waals surface area (Å²) in [6.45, 7) is 0. The lowest BCUT2D eigenvalue weighted by atomic mass is 10.2. The quantitative estimate of drug-likeness (QED) is 0.397. The van der Waals surface area contributed by atoms with Gasteiger partial charge < -0.3 is 11.3 Å². The summed E-state index contributed by atoms with van der Waals surface area (Å²) >= 11 is 0. The zero-order valence-corrected chi connectivity index (χ0v) is 9.66. The van der Waals surface area contributed by atoms with E-state index in [1.54, 1.807) is 0 Å². The molecule has 0 aromatic carbocycles. The highest BCUT2D eigenvalue weighted by molar-refractivity contribution is 5.78. The zero-order valence-electron chi connectivity index (χ0n) is 9.66. The van der Waals surface area contributed by atoms with Crippen LogP contribution >= 0.6 is 0 Å². The van der Waals surface area contributed by atoms with Crippen molar-refractivity contribution in [3.63, 3.8) is 0 Å². The second-order valence-corrected chi connectivity index (χ2v) is 3.01. The molecule has 102 valence electrons. The van der Waals surface area contributed by atoms with Crippen molar-refractivity contribution in [3.05, 3.63) is 10.4 Å². The molecule has 0 aliphatic carbocycles. The average molecular weight is 280 g/mol. The molecule has 0 spiro atoms. The molecule has 0 radical (unpaired) electrons. The highest BCUT2D eigenvalue weighted by Crippen LogP contribution is 2.33. The Morgan fingerprint density at radius 1 is 0.850 bits per heavy atom. The molecule has 0 aliphatic rings. The van der Waals surface area contributed by atoms with Crippen LogP contribution in [0.4, 0.5) is 5.82 Å². The van der Waals surface area contributed by atoms with E-state index >= 15 is 0 Å². The molecule has 20 heavy (non-hydrogen) atoms. The minimum absolute atomic E-state index is 0. The average Bonchev–Trinajstić information content (AvgIpc) is 3.08. The van der Waals surface area contributed by atoms with E-state index in [1.165, 1.54) is 0 Å². The van der Waals surface area contributed by atoms with Gasteiger partial charge in [0.2, 0.25) is 5.82 Å². The van der Waals surface area contributed by atoms with E-state index in [-0.39, 0.29) is 34.7 Å². The third-order valence-corrected chi connectivity index (χ3v) is 2.01. The molecule has 3 heterocycles. The highest BCUT2D eigenvalue weighted by Gasteiger charge is 2.24. The lowest BCUT2D eigenvalue weighted by molar-refractivity contribution is -0.276. The molecule has 0 bridgehead atoms. The monoisotopic (exact) mass is 280 g/mol. The molecular formula is C6H4N10O4. The number of hydrogen-bond donors (Lipinski definition) is 1. The van der Waals surface area contributed by atoms with Crippen molar-refractivity contribution in [2.24, 2.45) is 5.11 Å². The maximum absolute atomic E-state index is 11.3. The summed E-state index contributed by atoms with van der Waals surface area (Å²) in [5.74, 6) is -0.956. The predicted molar refractivity (Wildman–Crippen MR) is 55.1 cm³/mol. The van der Waals surface area contributed by atoms with Crippen LogP contribution in [0.5, 0.6) is 5.88 Å². The predicted octanol–water partition coefficient (Wildman–Crippen LogP) is 0.561. The van der Waals surface area contributed by atoms with Crippen molar-refractivity contribution < 1.29 is 19.0 Å². The van der Waals surface area contributed by atoms with Gasteiger partial charge in [-0.1, -0.05) is 5.16 Å². The van der Waals surface area contributed by atoms with Crippen LogP contribution in [0.15, 0.2) is 19.0 Å². The smallest absolute Gasteiger partial charge is 0.200 e. The van der Waals surface area contributed by atoms with Crippen LogP contribution in [-0.4, -0.2) is 30.9 Å². The standard InChI is InChI=1S/C6HN9O4.H3N/c7-15-8-5-3(11-18-13-5)1-2(10-17-9-1)4-6(16)14-19-12-4;/h(H,14,16);1H3. The molecule has 14 heteroatoms. The summed E-state index contributed by atoms with van der Waals surface area (Å²) in [5.41, 5.74) is 7.94. The molecule has 3 rings (SSSR count). The fraction of sp³-hybridized carbons (Fsp3) is 0. The van der Waals surface area contributed by atoms with Crippen molar-refractivity contribution in [1.29, 1.82) is 0 Å². The Kier molecular flexibility index (Phi) is 3.24. The highest BCUT2D eigenvalue weighted by atomic mass is 16.6. The topological polar surface area (TPSA) is 225 Å². The van der Waals surface area contributed by atoms with Crippen LogP contribution in [0.2, 0.25) is 0 Å². The Bertz CT molecular complexity index is 766. The summed E-state index contributed by atoms with van der Waals surface area (Å²) in [5, 5.41) is 34.8. The van der Waals surface area contributed by atoms with Gasteiger partial charge in [-0.25, -0.2) is 13.9 Å². The van der Waals surface area contributed by atoms with Gasteiger partial charge in [0, 0.05) is 4.91 Å². The largest absolute Gasteiger partial charge is 0.855 e. The van der Waals surface area contributed by atoms with Gasteiger partial charge >= 0.3 is 0 Å². The summed E-state index contributed by atoms with van der Waals surface area (Å²) in [4.78, 5) is 2.53. The molecule has 0 aliphatic heterocycles. The van der Waals surface area contributed by atoms with E-state index in [1.807, 2.05) is 0 Å². The Hall–Kier alpha value is -3.51. The number of hydrogen-bond acceptors (Lipinski definition) is 11. The lowest BCUT2D eigenvalue weighted by Gasteiger charge is -1.96. The molecule has 0 unspecified atom stereocenters. The maximum Gasteiger partial charge on any atom is 0.200 e. The summed E-state index contributed by atoms with van der Waals surface area (Å²) in [6.07, 6.45) is 0. The first kappa shape index (κ1) is 12.9. The summed E-state index contributed by atoms with van der Waals surface area (Å²) in [6, 6.07) is 0.